The van der Waals surface area contributed by atoms with Crippen molar-refractivity contribution in [2.75, 3.05) is 13.2 Å². The van der Waals surface area contributed by atoms with Gasteiger partial charge >= 0.3 is 5.97 Å². The average Bonchev–Trinajstić information content (AvgIpc) is 2.70. The maximum absolute atomic E-state index is 12.0. The zero-order chi connectivity index (χ0) is 14.3. The molecule has 8 atom stereocenters. The van der Waals surface area contributed by atoms with E-state index in [0.29, 0.717) is 6.42 Å². The van der Waals surface area contributed by atoms with Gasteiger partial charge in [-0.2, -0.15) is 0 Å². The number of aliphatic hydroxyl groups excluding tert-OH is 3. The predicted octanol–water partition coefficient (Wildman–Crippen LogP) is -0.0741. The molecule has 1 saturated heterocycles. The van der Waals surface area contributed by atoms with Crippen LogP contribution in [0.25, 0.3) is 0 Å². The third kappa shape index (κ3) is 1.09. The van der Waals surface area contributed by atoms with Crippen LogP contribution in [0.1, 0.15) is 26.2 Å². The van der Waals surface area contributed by atoms with E-state index in [1.807, 2.05) is 6.92 Å². The van der Waals surface area contributed by atoms with Gasteiger partial charge in [0.25, 0.3) is 0 Å². The normalized spacial score (nSPS) is 57.0. The van der Waals surface area contributed by atoms with Crippen LogP contribution in [0, 0.1) is 34.5 Å². The van der Waals surface area contributed by atoms with Gasteiger partial charge in [-0.05, 0) is 30.6 Å². The highest BCUT2D eigenvalue weighted by Gasteiger charge is 2.88. The van der Waals surface area contributed by atoms with E-state index in [1.54, 1.807) is 0 Å². The van der Waals surface area contributed by atoms with Crippen molar-refractivity contribution >= 4 is 5.97 Å². The number of rotatable bonds is 3. The van der Waals surface area contributed by atoms with Crippen molar-refractivity contribution < 1.29 is 24.9 Å². The van der Waals surface area contributed by atoms with E-state index in [0.717, 1.165) is 12.8 Å². The molecule has 1 unspecified atom stereocenters. The molecule has 1 heterocycles. The van der Waals surface area contributed by atoms with Crippen LogP contribution >= 0.6 is 0 Å². The smallest absolute Gasteiger partial charge is 0.309 e. The molecule has 20 heavy (non-hydrogen) atoms. The van der Waals surface area contributed by atoms with Crippen LogP contribution in [0.2, 0.25) is 0 Å². The highest BCUT2D eigenvalue weighted by atomic mass is 16.6. The van der Waals surface area contributed by atoms with Crippen molar-refractivity contribution in [2.45, 2.75) is 38.4 Å². The second-order valence-corrected chi connectivity index (χ2v) is 7.29. The molecule has 0 aromatic heterocycles. The van der Waals surface area contributed by atoms with Gasteiger partial charge in [-0.1, -0.05) is 6.92 Å². The Bertz CT molecular complexity index is 465. The third-order valence-corrected chi connectivity index (χ3v) is 6.93. The second-order valence-electron chi connectivity index (χ2n) is 7.29. The lowest BCUT2D eigenvalue weighted by Crippen LogP contribution is -2.46. The number of hydrogen-bond donors (Lipinski definition) is 3. The first-order chi connectivity index (χ1) is 9.54. The first-order valence-corrected chi connectivity index (χ1v) is 7.65. The van der Waals surface area contributed by atoms with E-state index >= 15 is 0 Å². The SMILES string of the molecule is CC(CO)[C@H]1[C@]2(CO)CC[C@H]3[C@H]4C[C@@H](OC4=O)[C@@H](O)[C@]312. The van der Waals surface area contributed by atoms with Crippen molar-refractivity contribution in [3.05, 3.63) is 0 Å². The second kappa shape index (κ2) is 3.76. The van der Waals surface area contributed by atoms with Gasteiger partial charge in [0.2, 0.25) is 0 Å². The van der Waals surface area contributed by atoms with Gasteiger partial charge in [0.05, 0.1) is 12.0 Å². The summed E-state index contributed by atoms with van der Waals surface area (Å²) in [5.74, 6) is -0.0552. The fraction of sp³-hybridized carbons (Fsp3) is 0.933. The molecule has 5 nitrogen and oxygen atoms in total. The summed E-state index contributed by atoms with van der Waals surface area (Å²) in [7, 11) is 0. The number of aliphatic hydroxyl groups is 3. The lowest BCUT2D eigenvalue weighted by Gasteiger charge is -2.38. The number of esters is 1. The standard InChI is InChI=1S/C15H22O5/c1-7(5-16)11-14(6-17)3-2-9-8-4-10(20-13(8)19)12(18)15(9,11)14/h7-12,16-18H,2-6H2,1H3/t7?,8-,9+,10-,11+,12-,14-,15+/m1/s1. The molecule has 4 rings (SSSR count). The fourth-order valence-electron chi connectivity index (χ4n) is 6.43. The Hall–Kier alpha value is -0.650. The molecule has 1 aliphatic heterocycles. The summed E-state index contributed by atoms with van der Waals surface area (Å²) < 4.78 is 5.34. The van der Waals surface area contributed by atoms with Crippen molar-refractivity contribution in [3.8, 4) is 0 Å². The van der Waals surface area contributed by atoms with Crippen LogP contribution in [0.15, 0.2) is 0 Å². The molecule has 112 valence electrons. The molecule has 1 spiro atoms. The minimum Gasteiger partial charge on any atom is -0.459 e. The van der Waals surface area contributed by atoms with Crippen molar-refractivity contribution in [2.24, 2.45) is 34.5 Å². The van der Waals surface area contributed by atoms with Crippen LogP contribution in [-0.4, -0.2) is 46.7 Å². The van der Waals surface area contributed by atoms with Gasteiger partial charge < -0.3 is 20.1 Å². The van der Waals surface area contributed by atoms with Crippen LogP contribution in [0.3, 0.4) is 0 Å². The quantitative estimate of drug-likeness (QED) is 0.631. The molecular formula is C15H22O5. The topological polar surface area (TPSA) is 87.0 Å². The van der Waals surface area contributed by atoms with Gasteiger partial charge in [-0.25, -0.2) is 0 Å². The summed E-state index contributed by atoms with van der Waals surface area (Å²) in [5.41, 5.74) is -0.728. The van der Waals surface area contributed by atoms with Gasteiger partial charge in [0.1, 0.15) is 6.10 Å². The van der Waals surface area contributed by atoms with E-state index < -0.39 is 17.6 Å². The molecule has 0 amide bonds. The summed E-state index contributed by atoms with van der Waals surface area (Å²) in [6.45, 7) is 2.05. The number of ether oxygens (including phenoxy) is 1. The molecule has 3 N–H and O–H groups in total. The van der Waals surface area contributed by atoms with Gasteiger partial charge in [-0.15, -0.1) is 0 Å². The molecule has 4 fully saturated rings. The summed E-state index contributed by atoms with van der Waals surface area (Å²) in [6, 6.07) is 0. The predicted molar refractivity (Wildman–Crippen MR) is 68.4 cm³/mol. The molecule has 0 aromatic carbocycles. The van der Waals surface area contributed by atoms with E-state index in [2.05, 4.69) is 0 Å². The Morgan fingerprint density at radius 1 is 1.45 bits per heavy atom. The molecule has 4 aliphatic rings. The number of carbonyl (C=O) groups is 1. The van der Waals surface area contributed by atoms with Gasteiger partial charge in [0.15, 0.2) is 0 Å². The monoisotopic (exact) mass is 282 g/mol. The molecule has 0 radical (unpaired) electrons. The Morgan fingerprint density at radius 2 is 2.20 bits per heavy atom. The lowest BCUT2D eigenvalue weighted by atomic mass is 9.66. The maximum atomic E-state index is 12.0. The molecule has 5 heteroatoms. The molecular weight excluding hydrogens is 260 g/mol. The van der Waals surface area contributed by atoms with Crippen molar-refractivity contribution in [1.29, 1.82) is 0 Å². The van der Waals surface area contributed by atoms with Crippen LogP contribution in [0.5, 0.6) is 0 Å². The Labute approximate surface area is 117 Å². The van der Waals surface area contributed by atoms with E-state index in [4.69, 9.17) is 4.74 Å². The third-order valence-electron chi connectivity index (χ3n) is 6.93. The first-order valence-electron chi connectivity index (χ1n) is 7.65. The maximum Gasteiger partial charge on any atom is 0.309 e. The Kier molecular flexibility index (Phi) is 2.45. The largest absolute Gasteiger partial charge is 0.459 e. The van der Waals surface area contributed by atoms with Crippen LogP contribution in [-0.2, 0) is 9.53 Å². The summed E-state index contributed by atoms with van der Waals surface area (Å²) >= 11 is 0. The molecule has 0 aromatic rings. The zero-order valence-electron chi connectivity index (χ0n) is 11.7. The number of hydrogen-bond acceptors (Lipinski definition) is 5. The highest BCUT2D eigenvalue weighted by Crippen LogP contribution is 2.86. The Balaban J connectivity index is 1.81. The zero-order valence-corrected chi connectivity index (χ0v) is 11.7. The van der Waals surface area contributed by atoms with Crippen molar-refractivity contribution in [3.63, 3.8) is 0 Å². The summed E-state index contributed by atoms with van der Waals surface area (Å²) in [4.78, 5) is 12.0. The van der Waals surface area contributed by atoms with Crippen LogP contribution in [0.4, 0.5) is 0 Å². The average molecular weight is 282 g/mol. The minimum atomic E-state index is -0.691. The lowest BCUT2D eigenvalue weighted by molar-refractivity contribution is -0.146. The molecule has 3 saturated carbocycles. The van der Waals surface area contributed by atoms with E-state index in [-0.39, 0.29) is 48.3 Å². The first kappa shape index (κ1) is 13.0. The summed E-state index contributed by atoms with van der Waals surface area (Å²) in [5, 5.41) is 30.3. The number of carbonyl (C=O) groups excluding carboxylic acids is 1. The number of fused-ring (bicyclic) bond motifs is 3. The molecule has 2 bridgehead atoms. The van der Waals surface area contributed by atoms with Gasteiger partial charge in [-0.3, -0.25) is 4.79 Å². The van der Waals surface area contributed by atoms with Crippen LogP contribution < -0.4 is 0 Å². The molecule has 3 aliphatic carbocycles. The Morgan fingerprint density at radius 3 is 2.85 bits per heavy atom. The van der Waals surface area contributed by atoms with Crippen molar-refractivity contribution in [1.82, 2.24) is 0 Å². The minimum absolute atomic E-state index is 0.0309. The summed E-state index contributed by atoms with van der Waals surface area (Å²) in [6.07, 6.45) is 1.23. The fourth-order valence-corrected chi connectivity index (χ4v) is 6.43. The van der Waals surface area contributed by atoms with E-state index in [1.165, 1.54) is 0 Å². The highest BCUT2D eigenvalue weighted by molar-refractivity contribution is 5.76. The van der Waals surface area contributed by atoms with E-state index in [9.17, 15) is 20.1 Å². The van der Waals surface area contributed by atoms with Gasteiger partial charge in [0, 0.05) is 30.5 Å².